The Bertz CT molecular complexity index is 1690. The average Bonchev–Trinajstić information content (AvgIpc) is 3.66. The van der Waals surface area contributed by atoms with Crippen molar-refractivity contribution in [2.75, 3.05) is 0 Å². The van der Waals surface area contributed by atoms with Crippen LogP contribution in [-0.2, 0) is 33.8 Å². The molecule has 7 nitrogen and oxygen atoms in total. The first-order valence-electron chi connectivity index (χ1n) is 14.8. The standard InChI is InChI=1S/C35H36ClFN2O5/c1-35(2,3)44-34(42)39-19-21-7-4-8-23(15-21)28-17-22(16-24-13-14-43-32(24)28)18-30(40)26-10-6-11-27(26)33(41)38-20-25-9-5-12-29(36)31(25)37/h4-5,7-9,12-17,26-27H,6,10-11,18-20H2,1-3H3,(H,38,41)(H,39,42)/t26-,27-/m1/s1. The van der Waals surface area contributed by atoms with Gasteiger partial charge in [-0.25, -0.2) is 9.18 Å². The number of fused-ring (bicyclic) bond motifs is 1. The maximum atomic E-state index is 14.3. The van der Waals surface area contributed by atoms with Crippen LogP contribution in [0, 0.1) is 17.7 Å². The third-order valence-corrected chi connectivity index (χ3v) is 8.11. The number of Topliss-reactive ketones (excluding diaryl/α,β-unsaturated/α-hetero) is 1. The van der Waals surface area contributed by atoms with Crippen molar-refractivity contribution in [1.82, 2.24) is 10.6 Å². The summed E-state index contributed by atoms with van der Waals surface area (Å²) >= 11 is 5.87. The highest BCUT2D eigenvalue weighted by atomic mass is 35.5. The fourth-order valence-corrected chi connectivity index (χ4v) is 5.98. The Morgan fingerprint density at radius 1 is 0.955 bits per heavy atom. The van der Waals surface area contributed by atoms with Gasteiger partial charge in [-0.2, -0.15) is 0 Å². The minimum absolute atomic E-state index is 0.000641. The van der Waals surface area contributed by atoms with Gasteiger partial charge >= 0.3 is 6.09 Å². The van der Waals surface area contributed by atoms with Crippen molar-refractivity contribution in [1.29, 1.82) is 0 Å². The molecule has 230 valence electrons. The fraction of sp³-hybridized carbons (Fsp3) is 0.343. The number of carbonyl (C=O) groups excluding carboxylic acids is 3. The predicted octanol–water partition coefficient (Wildman–Crippen LogP) is 7.76. The number of furan rings is 1. The van der Waals surface area contributed by atoms with Gasteiger partial charge in [0.2, 0.25) is 5.91 Å². The molecule has 1 aliphatic rings. The van der Waals surface area contributed by atoms with Gasteiger partial charge in [-0.05, 0) is 80.6 Å². The molecular formula is C35H36ClFN2O5. The van der Waals surface area contributed by atoms with E-state index in [9.17, 15) is 18.8 Å². The molecule has 2 N–H and O–H groups in total. The Labute approximate surface area is 261 Å². The maximum absolute atomic E-state index is 14.3. The summed E-state index contributed by atoms with van der Waals surface area (Å²) in [4.78, 5) is 38.8. The summed E-state index contributed by atoms with van der Waals surface area (Å²) in [5.74, 6) is -1.67. The largest absolute Gasteiger partial charge is 0.464 e. The SMILES string of the molecule is CC(C)(C)OC(=O)NCc1cccc(-c2cc(CC(=O)[C@@H]3CCC[C@H]3C(=O)NCc3cccc(Cl)c3F)cc3ccoc23)c1. The van der Waals surface area contributed by atoms with Gasteiger partial charge in [-0.1, -0.05) is 48.4 Å². The van der Waals surface area contributed by atoms with Crippen molar-refractivity contribution in [2.24, 2.45) is 11.8 Å². The van der Waals surface area contributed by atoms with Crippen molar-refractivity contribution >= 4 is 40.4 Å². The summed E-state index contributed by atoms with van der Waals surface area (Å²) in [7, 11) is 0. The number of amides is 2. The molecule has 1 saturated carbocycles. The Hall–Kier alpha value is -4.17. The van der Waals surface area contributed by atoms with Crippen LogP contribution in [0.2, 0.25) is 5.02 Å². The molecule has 2 amide bonds. The normalized spacial score (nSPS) is 16.6. The minimum Gasteiger partial charge on any atom is -0.464 e. The second-order valence-corrected chi connectivity index (χ2v) is 12.7. The monoisotopic (exact) mass is 618 g/mol. The van der Waals surface area contributed by atoms with E-state index < -0.39 is 29.3 Å². The molecule has 0 radical (unpaired) electrons. The van der Waals surface area contributed by atoms with Crippen molar-refractivity contribution in [2.45, 2.75) is 65.1 Å². The molecule has 0 unspecified atom stereocenters. The molecule has 1 heterocycles. The first-order valence-corrected chi connectivity index (χ1v) is 15.2. The first-order chi connectivity index (χ1) is 21.0. The molecule has 0 spiro atoms. The molecule has 44 heavy (non-hydrogen) atoms. The summed E-state index contributed by atoms with van der Waals surface area (Å²) in [5.41, 5.74) is 3.83. The number of ketones is 1. The van der Waals surface area contributed by atoms with Crippen molar-refractivity contribution in [3.8, 4) is 11.1 Å². The highest BCUT2D eigenvalue weighted by Crippen LogP contribution is 2.36. The van der Waals surface area contributed by atoms with Crippen LogP contribution in [0.5, 0.6) is 0 Å². The van der Waals surface area contributed by atoms with E-state index in [1.54, 1.807) is 18.4 Å². The quantitative estimate of drug-likeness (QED) is 0.200. The lowest BCUT2D eigenvalue weighted by Gasteiger charge is -2.19. The third-order valence-electron chi connectivity index (χ3n) is 7.81. The van der Waals surface area contributed by atoms with Crippen LogP contribution in [0.4, 0.5) is 9.18 Å². The Kier molecular flexibility index (Phi) is 9.39. The lowest BCUT2D eigenvalue weighted by Crippen LogP contribution is -2.35. The van der Waals surface area contributed by atoms with Gasteiger partial charge < -0.3 is 19.8 Å². The third kappa shape index (κ3) is 7.48. The van der Waals surface area contributed by atoms with E-state index in [0.717, 1.165) is 34.1 Å². The highest BCUT2D eigenvalue weighted by Gasteiger charge is 2.37. The smallest absolute Gasteiger partial charge is 0.407 e. The molecule has 5 rings (SSSR count). The number of carbonyl (C=O) groups is 3. The van der Waals surface area contributed by atoms with E-state index in [2.05, 4.69) is 10.6 Å². The van der Waals surface area contributed by atoms with E-state index in [1.807, 2.05) is 63.2 Å². The van der Waals surface area contributed by atoms with Gasteiger partial charge in [0.25, 0.3) is 0 Å². The van der Waals surface area contributed by atoms with Gasteiger partial charge in [-0.3, -0.25) is 9.59 Å². The van der Waals surface area contributed by atoms with Crippen LogP contribution in [0.15, 0.2) is 71.3 Å². The molecule has 1 aliphatic carbocycles. The van der Waals surface area contributed by atoms with Gasteiger partial charge in [-0.15, -0.1) is 0 Å². The van der Waals surface area contributed by atoms with Crippen molar-refractivity contribution < 1.29 is 27.9 Å². The van der Waals surface area contributed by atoms with E-state index >= 15 is 0 Å². The van der Waals surface area contributed by atoms with E-state index in [0.29, 0.717) is 24.0 Å². The molecule has 2 atom stereocenters. The zero-order chi connectivity index (χ0) is 31.4. The summed E-state index contributed by atoms with van der Waals surface area (Å²) in [5, 5.41) is 6.46. The van der Waals surface area contributed by atoms with Crippen molar-refractivity contribution in [3.05, 3.63) is 94.5 Å². The Morgan fingerprint density at radius 2 is 1.73 bits per heavy atom. The van der Waals surface area contributed by atoms with Gasteiger partial charge in [0.1, 0.15) is 22.8 Å². The summed E-state index contributed by atoms with van der Waals surface area (Å²) in [6, 6.07) is 18.2. The number of benzene rings is 3. The Balaban J connectivity index is 1.29. The van der Waals surface area contributed by atoms with Crippen LogP contribution in [0.25, 0.3) is 22.1 Å². The van der Waals surface area contributed by atoms with Crippen LogP contribution >= 0.6 is 11.6 Å². The predicted molar refractivity (Wildman–Crippen MR) is 168 cm³/mol. The first kappa shape index (κ1) is 31.3. The lowest BCUT2D eigenvalue weighted by molar-refractivity contribution is -0.132. The zero-order valence-electron chi connectivity index (χ0n) is 25.0. The molecule has 4 aromatic rings. The van der Waals surface area contributed by atoms with Gasteiger partial charge in [0, 0.05) is 47.9 Å². The number of halogens is 2. The van der Waals surface area contributed by atoms with Crippen LogP contribution < -0.4 is 10.6 Å². The molecule has 3 aromatic carbocycles. The second kappa shape index (κ2) is 13.2. The van der Waals surface area contributed by atoms with E-state index in [1.165, 1.54) is 6.07 Å². The molecular weight excluding hydrogens is 583 g/mol. The lowest BCUT2D eigenvalue weighted by atomic mass is 9.87. The van der Waals surface area contributed by atoms with Gasteiger partial charge in [0.15, 0.2) is 0 Å². The molecule has 0 bridgehead atoms. The second-order valence-electron chi connectivity index (χ2n) is 12.3. The Morgan fingerprint density at radius 3 is 2.52 bits per heavy atom. The molecule has 1 aromatic heterocycles. The molecule has 0 saturated heterocycles. The van der Waals surface area contributed by atoms with Crippen LogP contribution in [-0.4, -0.2) is 23.4 Å². The zero-order valence-corrected chi connectivity index (χ0v) is 25.8. The van der Waals surface area contributed by atoms with Gasteiger partial charge in [0.05, 0.1) is 11.3 Å². The highest BCUT2D eigenvalue weighted by molar-refractivity contribution is 6.30. The maximum Gasteiger partial charge on any atom is 0.407 e. The fourth-order valence-electron chi connectivity index (χ4n) is 5.79. The average molecular weight is 619 g/mol. The molecule has 0 aliphatic heterocycles. The number of rotatable bonds is 9. The van der Waals surface area contributed by atoms with Crippen LogP contribution in [0.3, 0.4) is 0 Å². The number of hydrogen-bond donors (Lipinski definition) is 2. The van der Waals surface area contributed by atoms with Crippen molar-refractivity contribution in [3.63, 3.8) is 0 Å². The number of alkyl carbamates (subject to hydrolysis) is 1. The molecule has 9 heteroatoms. The number of ether oxygens (including phenoxy) is 1. The summed E-state index contributed by atoms with van der Waals surface area (Å²) < 4.78 is 25.5. The van der Waals surface area contributed by atoms with E-state index in [4.69, 9.17) is 20.8 Å². The molecule has 1 fully saturated rings. The minimum atomic E-state index is -0.590. The summed E-state index contributed by atoms with van der Waals surface area (Å²) in [6.45, 7) is 5.73. The number of hydrogen-bond acceptors (Lipinski definition) is 5. The van der Waals surface area contributed by atoms with E-state index in [-0.39, 0.29) is 36.2 Å². The summed E-state index contributed by atoms with van der Waals surface area (Å²) in [6.07, 6.45) is 3.31. The van der Waals surface area contributed by atoms with Crippen LogP contribution in [0.1, 0.15) is 56.7 Å². The topological polar surface area (TPSA) is 97.6 Å². The number of nitrogens with one attached hydrogen (secondary N) is 2.